The van der Waals surface area contributed by atoms with Gasteiger partial charge in [0.1, 0.15) is 0 Å². The molecular formula is C27H20. The van der Waals surface area contributed by atoms with Crippen molar-refractivity contribution in [2.75, 3.05) is 0 Å². The first-order chi connectivity index (χ1) is 13.3. The molecule has 5 rings (SSSR count). The van der Waals surface area contributed by atoms with E-state index in [2.05, 4.69) is 110 Å². The van der Waals surface area contributed by atoms with Crippen LogP contribution in [0.5, 0.6) is 0 Å². The molecule has 0 aromatic heterocycles. The fourth-order valence-corrected chi connectivity index (χ4v) is 4.02. The van der Waals surface area contributed by atoms with E-state index in [-0.39, 0.29) is 0 Å². The van der Waals surface area contributed by atoms with E-state index >= 15 is 0 Å². The molecule has 0 atom stereocenters. The van der Waals surface area contributed by atoms with Crippen molar-refractivity contribution in [2.45, 2.75) is 6.92 Å². The minimum atomic E-state index is 1.26. The number of fused-ring (bicyclic) bond motifs is 4. The van der Waals surface area contributed by atoms with E-state index in [1.54, 1.807) is 0 Å². The summed E-state index contributed by atoms with van der Waals surface area (Å²) in [4.78, 5) is 0. The van der Waals surface area contributed by atoms with Crippen molar-refractivity contribution in [1.82, 2.24) is 0 Å². The quantitative estimate of drug-likeness (QED) is 0.228. The van der Waals surface area contributed by atoms with Crippen LogP contribution in [0.3, 0.4) is 0 Å². The van der Waals surface area contributed by atoms with Crippen LogP contribution in [0.2, 0.25) is 0 Å². The topological polar surface area (TPSA) is 0 Å². The van der Waals surface area contributed by atoms with E-state index in [1.165, 1.54) is 49.0 Å². The first-order valence-corrected chi connectivity index (χ1v) is 9.38. The highest BCUT2D eigenvalue weighted by atomic mass is 14.1. The minimum Gasteiger partial charge on any atom is -0.0616 e. The van der Waals surface area contributed by atoms with Gasteiger partial charge in [-0.2, -0.15) is 0 Å². The van der Waals surface area contributed by atoms with Crippen LogP contribution in [0.15, 0.2) is 91.0 Å². The molecule has 128 valence electrons. The van der Waals surface area contributed by atoms with Crippen molar-refractivity contribution < 1.29 is 0 Å². The Balaban J connectivity index is 1.72. The number of hydrogen-bond acceptors (Lipinski definition) is 0. The van der Waals surface area contributed by atoms with Gasteiger partial charge in [-0.05, 0) is 62.0 Å². The lowest BCUT2D eigenvalue weighted by atomic mass is 9.95. The molecule has 0 heterocycles. The molecule has 0 amide bonds. The van der Waals surface area contributed by atoms with Gasteiger partial charge in [0.05, 0.1) is 0 Å². The maximum Gasteiger partial charge on any atom is -0.00994 e. The van der Waals surface area contributed by atoms with Crippen molar-refractivity contribution in [3.05, 3.63) is 108 Å². The van der Waals surface area contributed by atoms with E-state index in [1.807, 2.05) is 0 Å². The lowest BCUT2D eigenvalue weighted by Gasteiger charge is -2.09. The molecule has 0 N–H and O–H groups in total. The van der Waals surface area contributed by atoms with Crippen molar-refractivity contribution in [2.24, 2.45) is 0 Å². The highest BCUT2D eigenvalue weighted by Gasteiger charge is 2.05. The molecule has 0 nitrogen and oxygen atoms in total. The van der Waals surface area contributed by atoms with Crippen molar-refractivity contribution in [3.8, 4) is 0 Å². The summed E-state index contributed by atoms with van der Waals surface area (Å²) in [6.07, 6.45) is 4.50. The largest absolute Gasteiger partial charge is 0.0616 e. The smallest absolute Gasteiger partial charge is 0.00994 e. The Morgan fingerprint density at radius 1 is 0.481 bits per heavy atom. The zero-order chi connectivity index (χ0) is 18.2. The zero-order valence-corrected chi connectivity index (χ0v) is 15.3. The molecule has 0 aliphatic carbocycles. The zero-order valence-electron chi connectivity index (χ0n) is 15.3. The van der Waals surface area contributed by atoms with Gasteiger partial charge in [-0.15, -0.1) is 0 Å². The normalized spacial score (nSPS) is 11.7. The highest BCUT2D eigenvalue weighted by Crippen LogP contribution is 2.30. The fraction of sp³-hybridized carbons (Fsp3) is 0.0370. The number of rotatable bonds is 2. The Kier molecular flexibility index (Phi) is 3.76. The van der Waals surface area contributed by atoms with Gasteiger partial charge >= 0.3 is 0 Å². The van der Waals surface area contributed by atoms with Gasteiger partial charge in [0.25, 0.3) is 0 Å². The third-order valence-corrected chi connectivity index (χ3v) is 5.42. The second kappa shape index (κ2) is 6.41. The summed E-state index contributed by atoms with van der Waals surface area (Å²) in [6, 6.07) is 32.7. The summed E-state index contributed by atoms with van der Waals surface area (Å²) in [5.74, 6) is 0. The van der Waals surface area contributed by atoms with Crippen molar-refractivity contribution in [1.29, 1.82) is 0 Å². The summed E-state index contributed by atoms with van der Waals surface area (Å²) in [5, 5.41) is 7.82. The summed E-state index contributed by atoms with van der Waals surface area (Å²) < 4.78 is 0. The Labute approximate surface area is 159 Å². The SMILES string of the molecule is Cc1ccc(/C=C\c2cc3ccccc3c3ccccc23)c2ccccc12. The minimum absolute atomic E-state index is 1.26. The third-order valence-electron chi connectivity index (χ3n) is 5.42. The standard InChI is InChI=1S/C27H20/c1-19-14-15-20(24-10-5-4-9-23(19)24)16-17-22-18-21-8-2-3-11-25(21)27-13-7-6-12-26(22)27/h2-18H,1H3/b17-16-. The molecular weight excluding hydrogens is 324 g/mol. The second-order valence-corrected chi connectivity index (χ2v) is 7.08. The molecule has 0 aliphatic rings. The van der Waals surface area contributed by atoms with Crippen LogP contribution in [0.1, 0.15) is 16.7 Å². The molecule has 0 spiro atoms. The lowest BCUT2D eigenvalue weighted by molar-refractivity contribution is 1.52. The fourth-order valence-electron chi connectivity index (χ4n) is 4.02. The predicted molar refractivity (Wildman–Crippen MR) is 119 cm³/mol. The molecule has 0 saturated heterocycles. The van der Waals surface area contributed by atoms with E-state index in [4.69, 9.17) is 0 Å². The maximum absolute atomic E-state index is 2.30. The van der Waals surface area contributed by atoms with Gasteiger partial charge in [0.15, 0.2) is 0 Å². The average Bonchev–Trinajstić information content (AvgIpc) is 2.73. The van der Waals surface area contributed by atoms with E-state index in [0.29, 0.717) is 0 Å². The molecule has 5 aromatic carbocycles. The predicted octanol–water partition coefficient (Wildman–Crippen LogP) is 7.63. The number of benzene rings is 5. The van der Waals surface area contributed by atoms with Crippen LogP contribution in [0, 0.1) is 6.92 Å². The Morgan fingerprint density at radius 2 is 1.04 bits per heavy atom. The van der Waals surface area contributed by atoms with Crippen LogP contribution in [0.4, 0.5) is 0 Å². The van der Waals surface area contributed by atoms with Crippen molar-refractivity contribution in [3.63, 3.8) is 0 Å². The second-order valence-electron chi connectivity index (χ2n) is 7.08. The molecule has 0 bridgehead atoms. The highest BCUT2D eigenvalue weighted by molar-refractivity contribution is 6.11. The summed E-state index contributed by atoms with van der Waals surface area (Å²) >= 11 is 0. The van der Waals surface area contributed by atoms with Gasteiger partial charge in [-0.3, -0.25) is 0 Å². The van der Waals surface area contributed by atoms with Crippen molar-refractivity contribution >= 4 is 44.5 Å². The first kappa shape index (κ1) is 15.8. The van der Waals surface area contributed by atoms with E-state index in [9.17, 15) is 0 Å². The first-order valence-electron chi connectivity index (χ1n) is 9.38. The lowest BCUT2D eigenvalue weighted by Crippen LogP contribution is -1.84. The Bertz CT molecular complexity index is 1320. The Morgan fingerprint density at radius 3 is 1.81 bits per heavy atom. The molecule has 0 heteroatoms. The van der Waals surface area contributed by atoms with E-state index in [0.717, 1.165) is 0 Å². The van der Waals surface area contributed by atoms with Crippen LogP contribution in [-0.2, 0) is 0 Å². The van der Waals surface area contributed by atoms with Gasteiger partial charge in [-0.25, -0.2) is 0 Å². The maximum atomic E-state index is 2.30. The average molecular weight is 344 g/mol. The summed E-state index contributed by atoms with van der Waals surface area (Å²) in [6.45, 7) is 2.17. The van der Waals surface area contributed by atoms with Gasteiger partial charge < -0.3 is 0 Å². The molecule has 5 aromatic rings. The van der Waals surface area contributed by atoms with E-state index < -0.39 is 0 Å². The molecule has 0 unspecified atom stereocenters. The molecule has 0 fully saturated rings. The summed E-state index contributed by atoms with van der Waals surface area (Å²) in [5.41, 5.74) is 3.83. The molecule has 0 radical (unpaired) electrons. The Hall–Kier alpha value is -3.38. The van der Waals surface area contributed by atoms with Crippen LogP contribution in [-0.4, -0.2) is 0 Å². The number of hydrogen-bond donors (Lipinski definition) is 0. The number of aryl methyl sites for hydroxylation is 1. The van der Waals surface area contributed by atoms with Gasteiger partial charge in [0, 0.05) is 0 Å². The van der Waals surface area contributed by atoms with Crippen LogP contribution in [0.25, 0.3) is 44.5 Å². The van der Waals surface area contributed by atoms with Crippen LogP contribution >= 0.6 is 0 Å². The molecule has 0 saturated carbocycles. The van der Waals surface area contributed by atoms with Gasteiger partial charge in [-0.1, -0.05) is 97.1 Å². The molecule has 0 aliphatic heterocycles. The third kappa shape index (κ3) is 2.71. The molecule has 27 heavy (non-hydrogen) atoms. The summed E-state index contributed by atoms with van der Waals surface area (Å²) in [7, 11) is 0. The van der Waals surface area contributed by atoms with Crippen LogP contribution < -0.4 is 0 Å². The van der Waals surface area contributed by atoms with Gasteiger partial charge in [0.2, 0.25) is 0 Å². The monoisotopic (exact) mass is 344 g/mol.